The van der Waals surface area contributed by atoms with Crippen LogP contribution in [0.15, 0.2) is 279 Å². The first-order chi connectivity index (χ1) is 37.7. The van der Waals surface area contributed by atoms with Crippen molar-refractivity contribution in [3.63, 3.8) is 0 Å². The van der Waals surface area contributed by atoms with Gasteiger partial charge in [0.25, 0.3) is 0 Å². The number of hydrogen-bond donors (Lipinski definition) is 0. The minimum atomic E-state index is -1.15. The van der Waals surface area contributed by atoms with E-state index < -0.39 is 22.4 Å². The first-order valence-corrected chi connectivity index (χ1v) is 26.6. The minimum Gasteiger partial charge on any atom is -0.340 e. The Bertz CT molecular complexity index is 4010. The lowest BCUT2D eigenvalue weighted by Gasteiger charge is -2.41. The van der Waals surface area contributed by atoms with Gasteiger partial charge in [-0.15, -0.1) is 0 Å². The maximum atomic E-state index is 8.82. The molecule has 0 fully saturated rings. The average Bonchev–Trinajstić information content (AvgIpc) is 2.05. The summed E-state index contributed by atoms with van der Waals surface area (Å²) < 4.78 is 17.6. The summed E-state index contributed by atoms with van der Waals surface area (Å²) in [6.07, 6.45) is 0. The average molecular weight is 967 g/mol. The molecule has 4 atom stereocenters. The molecular weight excluding hydrogens is 921 g/mol. The molecule has 0 N–H and O–H groups in total. The van der Waals surface area contributed by atoms with Crippen LogP contribution in [0.25, 0.3) is 65.3 Å². The summed E-state index contributed by atoms with van der Waals surface area (Å²) in [6.45, 7) is 0. The maximum Gasteiger partial charge on any atom is 0.147 e. The fourth-order valence-electron chi connectivity index (χ4n) is 15.1. The molecule has 0 spiro atoms. The summed E-state index contributed by atoms with van der Waals surface area (Å²) in [7, 11) is 0. The molecule has 4 bridgehead atoms. The zero-order valence-electron chi connectivity index (χ0n) is 41.4. The van der Waals surface area contributed by atoms with E-state index in [1.54, 1.807) is 0 Å². The van der Waals surface area contributed by atoms with Crippen LogP contribution >= 0.6 is 0 Å². The monoisotopic (exact) mass is 966 g/mol. The molecule has 0 saturated carbocycles. The molecule has 13 aromatic carbocycles. The predicted molar refractivity (Wildman–Crippen MR) is 308 cm³/mol. The van der Waals surface area contributed by atoms with Crippen LogP contribution in [-0.4, -0.2) is 0 Å². The fourth-order valence-corrected chi connectivity index (χ4v) is 15.1. The van der Waals surface area contributed by atoms with Gasteiger partial charge in [-0.25, -0.2) is 0 Å². The Morgan fingerprint density at radius 1 is 0.171 bits per heavy atom. The van der Waals surface area contributed by atoms with Gasteiger partial charge in [0.05, 0.1) is 0 Å². The number of fused-ring (bicyclic) bond motifs is 26. The Morgan fingerprint density at radius 3 is 0.579 bits per heavy atom. The Labute approximate surface area is 440 Å². The minimum absolute atomic E-state index is 1.08. The van der Waals surface area contributed by atoms with E-state index in [4.69, 9.17) is 9.47 Å². The number of hydrogen-bond acceptors (Lipinski definition) is 2. The molecule has 76 heavy (non-hydrogen) atoms. The summed E-state index contributed by atoms with van der Waals surface area (Å²) in [4.78, 5) is 0. The van der Waals surface area contributed by atoms with Gasteiger partial charge in [0, 0.05) is 44.5 Å². The van der Waals surface area contributed by atoms with E-state index in [0.29, 0.717) is 0 Å². The van der Waals surface area contributed by atoms with E-state index in [0.717, 1.165) is 66.8 Å². The highest BCUT2D eigenvalue weighted by atomic mass is 16.5. The third-order valence-electron chi connectivity index (χ3n) is 17.6. The summed E-state index contributed by atoms with van der Waals surface area (Å²) >= 11 is 0. The van der Waals surface area contributed by atoms with Crippen molar-refractivity contribution in [2.24, 2.45) is 0 Å². The maximum absolute atomic E-state index is 8.82. The van der Waals surface area contributed by atoms with Crippen molar-refractivity contribution in [3.05, 3.63) is 346 Å². The molecule has 2 nitrogen and oxygen atoms in total. The van der Waals surface area contributed by atoms with E-state index in [9.17, 15) is 0 Å². The molecule has 354 valence electrons. The highest BCUT2D eigenvalue weighted by Gasteiger charge is 2.73. The molecule has 0 aromatic heterocycles. The van der Waals surface area contributed by atoms with Crippen molar-refractivity contribution in [1.29, 1.82) is 0 Å². The van der Waals surface area contributed by atoms with Crippen LogP contribution in [-0.2, 0) is 31.9 Å². The van der Waals surface area contributed by atoms with Crippen LogP contribution in [0.3, 0.4) is 0 Å². The summed E-state index contributed by atoms with van der Waals surface area (Å²) in [5, 5.41) is 9.56. The molecule has 4 heterocycles. The van der Waals surface area contributed by atoms with Crippen LogP contribution in [0, 0.1) is 0 Å². The summed E-state index contributed by atoms with van der Waals surface area (Å²) in [5.74, 6) is 0. The molecule has 0 aliphatic carbocycles. The lowest BCUT2D eigenvalue weighted by molar-refractivity contribution is -0.0281. The normalized spacial score (nSPS) is 21.3. The Morgan fingerprint density at radius 2 is 0.355 bits per heavy atom. The SMILES string of the molecule is c1ccc(-c2c3c(c(-c4ccccc4)c4c2[C@]2(c5ccccc5)O[C@@]4(c4ccccc4)c4c2c2ccccc2c2ccccc42)[C@]2(c4ccccc4)O[C@@]3(c3ccccc3)c3c2c2ccccc2c2ccccc32)cc1. The van der Waals surface area contributed by atoms with Crippen LogP contribution in [0.1, 0.15) is 66.8 Å². The van der Waals surface area contributed by atoms with E-state index in [1.807, 2.05) is 0 Å². The van der Waals surface area contributed by atoms with Gasteiger partial charge in [-0.1, -0.05) is 279 Å². The van der Waals surface area contributed by atoms with Gasteiger partial charge < -0.3 is 9.47 Å². The Balaban J connectivity index is 1.23. The second-order valence-corrected chi connectivity index (χ2v) is 21.1. The van der Waals surface area contributed by atoms with Crippen LogP contribution in [0.5, 0.6) is 0 Å². The molecule has 13 aromatic rings. The highest BCUT2D eigenvalue weighted by Crippen LogP contribution is 2.78. The van der Waals surface area contributed by atoms with E-state index in [-0.39, 0.29) is 0 Å². The Hall–Kier alpha value is -9.18. The van der Waals surface area contributed by atoms with Gasteiger partial charge in [0.15, 0.2) is 0 Å². The molecule has 2 heteroatoms. The molecule has 17 rings (SSSR count). The molecule has 0 saturated heterocycles. The zero-order valence-corrected chi connectivity index (χ0v) is 41.4. The van der Waals surface area contributed by atoms with Crippen molar-refractivity contribution in [1.82, 2.24) is 0 Å². The standard InChI is InChI=1S/C74H46O2/c1-7-27-47(28-8-1)61-67-69(73(51-35-15-5-16-36-51)65-59-45-25-21-41-55(59)53-39-19-23-43-57(53)63(65)71(67,75-73)49-31-11-3-12-32-49)62(48-29-9-2-10-30-48)70-68(61)72(50-33-13-4-14-34-50)64-58-44-24-20-40-54(58)56-42-22-26-46-60(56)66(64)74(70,76-72)52-37-17-6-18-38-52/h1-46H/t71-,72+,73+,74-. The number of benzene rings is 13. The van der Waals surface area contributed by atoms with Crippen molar-refractivity contribution in [3.8, 4) is 22.3 Å². The van der Waals surface area contributed by atoms with Gasteiger partial charge >= 0.3 is 0 Å². The topological polar surface area (TPSA) is 18.5 Å². The number of rotatable bonds is 6. The third-order valence-corrected chi connectivity index (χ3v) is 17.6. The van der Waals surface area contributed by atoms with Gasteiger partial charge in [0.1, 0.15) is 22.4 Å². The molecule has 4 aliphatic rings. The second kappa shape index (κ2) is 15.2. The predicted octanol–water partition coefficient (Wildman–Crippen LogP) is 17.5. The lowest BCUT2D eigenvalue weighted by Crippen LogP contribution is -2.35. The number of ether oxygens (including phenoxy) is 2. The zero-order chi connectivity index (χ0) is 49.8. The van der Waals surface area contributed by atoms with E-state index >= 15 is 0 Å². The van der Waals surface area contributed by atoms with Crippen molar-refractivity contribution in [2.75, 3.05) is 0 Å². The second-order valence-electron chi connectivity index (χ2n) is 21.1. The lowest BCUT2D eigenvalue weighted by atomic mass is 9.56. The third kappa shape index (κ3) is 4.96. The van der Waals surface area contributed by atoms with Crippen LogP contribution in [0.4, 0.5) is 0 Å². The molecular formula is C74H46O2. The van der Waals surface area contributed by atoms with Gasteiger partial charge in [-0.2, -0.15) is 0 Å². The Kier molecular flexibility index (Phi) is 8.45. The molecule has 0 amide bonds. The van der Waals surface area contributed by atoms with Crippen LogP contribution < -0.4 is 0 Å². The first kappa shape index (κ1) is 42.2. The van der Waals surface area contributed by atoms with E-state index in [2.05, 4.69) is 279 Å². The first-order valence-electron chi connectivity index (χ1n) is 26.6. The quantitative estimate of drug-likeness (QED) is 0.155. The summed E-state index contributed by atoms with van der Waals surface area (Å²) in [5.41, 5.74) is 13.6. The molecule has 0 radical (unpaired) electrons. The fraction of sp³-hybridized carbons (Fsp3) is 0.0541. The molecule has 0 unspecified atom stereocenters. The highest BCUT2D eigenvalue weighted by molar-refractivity contribution is 6.16. The van der Waals surface area contributed by atoms with Gasteiger partial charge in [0.2, 0.25) is 0 Å². The van der Waals surface area contributed by atoms with Crippen LogP contribution in [0.2, 0.25) is 0 Å². The van der Waals surface area contributed by atoms with Gasteiger partial charge in [-0.3, -0.25) is 0 Å². The van der Waals surface area contributed by atoms with Crippen molar-refractivity contribution in [2.45, 2.75) is 22.4 Å². The smallest absolute Gasteiger partial charge is 0.147 e. The molecule has 4 aliphatic heterocycles. The van der Waals surface area contributed by atoms with Crippen molar-refractivity contribution >= 4 is 43.1 Å². The van der Waals surface area contributed by atoms with Gasteiger partial charge in [-0.05, 0) is 87.6 Å². The largest absolute Gasteiger partial charge is 0.340 e. The summed E-state index contributed by atoms with van der Waals surface area (Å²) in [6, 6.07) is 103. The van der Waals surface area contributed by atoms with Crippen molar-refractivity contribution < 1.29 is 9.47 Å². The van der Waals surface area contributed by atoms with E-state index in [1.165, 1.54) is 65.3 Å².